The summed E-state index contributed by atoms with van der Waals surface area (Å²) in [7, 11) is 1.33. The number of benzene rings is 1. The molecule has 0 aliphatic carbocycles. The smallest absolute Gasteiger partial charge is 0.341 e. The largest absolute Gasteiger partial charge is 0.465 e. The molecule has 0 radical (unpaired) electrons. The third-order valence-corrected chi connectivity index (χ3v) is 3.48. The quantitative estimate of drug-likeness (QED) is 0.477. The van der Waals surface area contributed by atoms with Gasteiger partial charge in [-0.15, -0.1) is 0 Å². The second-order valence-corrected chi connectivity index (χ2v) is 5.35. The van der Waals surface area contributed by atoms with Crippen molar-refractivity contribution in [1.29, 1.82) is 0 Å². The number of rotatable bonds is 6. The van der Waals surface area contributed by atoms with Crippen LogP contribution >= 0.6 is 0 Å². The summed E-state index contributed by atoms with van der Waals surface area (Å²) in [4.78, 5) is 16.1. The number of hydrogen-bond donors (Lipinski definition) is 2. The minimum atomic E-state index is -0.426. The average molecular weight is 347 g/mol. The first-order valence-corrected chi connectivity index (χ1v) is 7.97. The maximum Gasteiger partial charge on any atom is 0.341 e. The van der Waals surface area contributed by atoms with Crippen molar-refractivity contribution < 1.29 is 18.3 Å². The van der Waals surface area contributed by atoms with Crippen LogP contribution in [0.25, 0.3) is 0 Å². The molecular weight excluding hydrogens is 325 g/mol. The Kier molecular flexibility index (Phi) is 6.56. The molecule has 0 bridgehead atoms. The van der Waals surface area contributed by atoms with E-state index >= 15 is 0 Å². The van der Waals surface area contributed by atoms with Crippen LogP contribution in [-0.2, 0) is 17.8 Å². The molecule has 0 saturated heterocycles. The summed E-state index contributed by atoms with van der Waals surface area (Å²) in [6.07, 6.45) is 0. The minimum Gasteiger partial charge on any atom is -0.465 e. The zero-order chi connectivity index (χ0) is 18.2. The predicted octanol–water partition coefficient (Wildman–Crippen LogP) is 2.77. The molecule has 2 N–H and O–H groups in total. The summed E-state index contributed by atoms with van der Waals surface area (Å²) >= 11 is 0. The van der Waals surface area contributed by atoms with Gasteiger partial charge < -0.3 is 19.8 Å². The molecule has 2 rings (SSSR count). The summed E-state index contributed by atoms with van der Waals surface area (Å²) in [5.41, 5.74) is 1.31. The van der Waals surface area contributed by atoms with Gasteiger partial charge >= 0.3 is 5.97 Å². The molecule has 1 aromatic carbocycles. The van der Waals surface area contributed by atoms with E-state index in [1.807, 2.05) is 6.92 Å². The Morgan fingerprint density at radius 2 is 2.00 bits per heavy atom. The monoisotopic (exact) mass is 347 g/mol. The Balaban J connectivity index is 2.00. The Labute approximate surface area is 146 Å². The number of carbonyl (C=O) groups excluding carboxylic acids is 1. The number of carbonyl (C=O) groups is 1. The van der Waals surface area contributed by atoms with Gasteiger partial charge in [0.15, 0.2) is 5.96 Å². The molecule has 7 heteroatoms. The number of methoxy groups -OCH3 is 1. The normalized spacial score (nSPS) is 11.3. The molecule has 6 nitrogen and oxygen atoms in total. The number of ether oxygens (including phenoxy) is 1. The summed E-state index contributed by atoms with van der Waals surface area (Å²) in [6, 6.07) is 7.86. The highest BCUT2D eigenvalue weighted by molar-refractivity contribution is 5.90. The lowest BCUT2D eigenvalue weighted by atomic mass is 10.2. The molecule has 0 aliphatic rings. The van der Waals surface area contributed by atoms with Gasteiger partial charge in [-0.05, 0) is 37.6 Å². The number of aliphatic imine (C=N–C) groups is 1. The summed E-state index contributed by atoms with van der Waals surface area (Å²) in [5.74, 6) is 1.01. The van der Waals surface area contributed by atoms with E-state index in [2.05, 4.69) is 15.6 Å². The van der Waals surface area contributed by atoms with Crippen molar-refractivity contribution in [3.8, 4) is 0 Å². The number of guanidine groups is 1. The maximum atomic E-state index is 12.9. The Hall–Kier alpha value is -2.83. The molecular formula is C18H22FN3O3. The van der Waals surface area contributed by atoms with Gasteiger partial charge in [0.25, 0.3) is 0 Å². The number of halogens is 1. The van der Waals surface area contributed by atoms with E-state index in [9.17, 15) is 9.18 Å². The molecule has 0 aliphatic heterocycles. The van der Waals surface area contributed by atoms with Gasteiger partial charge in [-0.3, -0.25) is 0 Å². The van der Waals surface area contributed by atoms with E-state index in [-0.39, 0.29) is 5.82 Å². The molecule has 0 saturated carbocycles. The number of nitrogens with one attached hydrogen (secondary N) is 2. The first kappa shape index (κ1) is 18.5. The molecule has 0 atom stereocenters. The number of nitrogens with zero attached hydrogens (tertiary/aromatic N) is 1. The second-order valence-electron chi connectivity index (χ2n) is 5.35. The SMILES string of the molecule is CCNC(=NCc1ccc(F)cc1)NCc1cc(C(=O)OC)c(C)o1. The third-order valence-electron chi connectivity index (χ3n) is 3.48. The number of aryl methyl sites for hydroxylation is 1. The van der Waals surface area contributed by atoms with Crippen molar-refractivity contribution in [2.75, 3.05) is 13.7 Å². The van der Waals surface area contributed by atoms with E-state index in [4.69, 9.17) is 9.15 Å². The second kappa shape index (κ2) is 8.86. The van der Waals surface area contributed by atoms with Crippen LogP contribution in [0, 0.1) is 12.7 Å². The van der Waals surface area contributed by atoms with Crippen LogP contribution in [0.15, 0.2) is 39.7 Å². The molecule has 134 valence electrons. The number of esters is 1. The highest BCUT2D eigenvalue weighted by Crippen LogP contribution is 2.15. The topological polar surface area (TPSA) is 75.9 Å². The molecule has 0 unspecified atom stereocenters. The lowest BCUT2D eigenvalue weighted by Gasteiger charge is -2.10. The Morgan fingerprint density at radius 3 is 2.64 bits per heavy atom. The molecule has 2 aromatic rings. The van der Waals surface area contributed by atoms with E-state index in [0.29, 0.717) is 42.7 Å². The number of furan rings is 1. The molecule has 1 aromatic heterocycles. The molecule has 1 heterocycles. The molecule has 25 heavy (non-hydrogen) atoms. The van der Waals surface area contributed by atoms with Crippen molar-refractivity contribution in [3.05, 3.63) is 58.8 Å². The van der Waals surface area contributed by atoms with Gasteiger partial charge in [0.1, 0.15) is 22.9 Å². The van der Waals surface area contributed by atoms with Gasteiger partial charge in [0.2, 0.25) is 0 Å². The van der Waals surface area contributed by atoms with Gasteiger partial charge in [0.05, 0.1) is 20.2 Å². The standard InChI is InChI=1S/C18H22FN3O3/c1-4-20-18(21-10-13-5-7-14(19)8-6-13)22-11-15-9-16(12(2)25-15)17(23)24-3/h5-9H,4,10-11H2,1-3H3,(H2,20,21,22). The van der Waals surface area contributed by atoms with Crippen molar-refractivity contribution in [2.45, 2.75) is 26.9 Å². The van der Waals surface area contributed by atoms with Crippen LogP contribution in [0.4, 0.5) is 4.39 Å². The van der Waals surface area contributed by atoms with Crippen LogP contribution in [-0.4, -0.2) is 25.6 Å². The van der Waals surface area contributed by atoms with Gasteiger partial charge in [0, 0.05) is 6.54 Å². The highest BCUT2D eigenvalue weighted by Gasteiger charge is 2.15. The van der Waals surface area contributed by atoms with Gasteiger partial charge in [-0.25, -0.2) is 14.2 Å². The van der Waals surface area contributed by atoms with E-state index in [1.54, 1.807) is 25.1 Å². The van der Waals surface area contributed by atoms with Crippen molar-refractivity contribution in [3.63, 3.8) is 0 Å². The van der Waals surface area contributed by atoms with Crippen molar-refractivity contribution in [2.24, 2.45) is 4.99 Å². The molecule has 0 amide bonds. The van der Waals surface area contributed by atoms with Crippen LogP contribution in [0.1, 0.15) is 34.4 Å². The maximum absolute atomic E-state index is 12.9. The lowest BCUT2D eigenvalue weighted by Crippen LogP contribution is -2.36. The number of hydrogen-bond acceptors (Lipinski definition) is 4. The summed E-state index contributed by atoms with van der Waals surface area (Å²) < 4.78 is 23.2. The third kappa shape index (κ3) is 5.34. The Bertz CT molecular complexity index is 739. The van der Waals surface area contributed by atoms with Gasteiger partial charge in [-0.1, -0.05) is 12.1 Å². The van der Waals surface area contributed by atoms with E-state index < -0.39 is 5.97 Å². The fourth-order valence-corrected chi connectivity index (χ4v) is 2.22. The Morgan fingerprint density at radius 1 is 1.28 bits per heavy atom. The van der Waals surface area contributed by atoms with E-state index in [0.717, 1.165) is 5.56 Å². The zero-order valence-corrected chi connectivity index (χ0v) is 14.6. The first-order chi connectivity index (χ1) is 12.0. The minimum absolute atomic E-state index is 0.271. The highest BCUT2D eigenvalue weighted by atomic mass is 19.1. The predicted molar refractivity (Wildman–Crippen MR) is 92.8 cm³/mol. The fraction of sp³-hybridized carbons (Fsp3) is 0.333. The summed E-state index contributed by atoms with van der Waals surface area (Å²) in [5, 5.41) is 6.26. The first-order valence-electron chi connectivity index (χ1n) is 7.97. The summed E-state index contributed by atoms with van der Waals surface area (Å²) in [6.45, 7) is 5.15. The zero-order valence-electron chi connectivity index (χ0n) is 14.6. The van der Waals surface area contributed by atoms with Crippen molar-refractivity contribution in [1.82, 2.24) is 10.6 Å². The van der Waals surface area contributed by atoms with Gasteiger partial charge in [-0.2, -0.15) is 0 Å². The van der Waals surface area contributed by atoms with Crippen LogP contribution in [0.3, 0.4) is 0 Å². The van der Waals surface area contributed by atoms with Crippen molar-refractivity contribution >= 4 is 11.9 Å². The average Bonchev–Trinajstić information content (AvgIpc) is 2.99. The van der Waals surface area contributed by atoms with Crippen LogP contribution < -0.4 is 10.6 Å². The molecule has 0 spiro atoms. The molecule has 0 fully saturated rings. The lowest BCUT2D eigenvalue weighted by molar-refractivity contribution is 0.0599. The fourth-order valence-electron chi connectivity index (χ4n) is 2.22. The van der Waals surface area contributed by atoms with E-state index in [1.165, 1.54) is 19.2 Å². The van der Waals surface area contributed by atoms with Crippen LogP contribution in [0.5, 0.6) is 0 Å². The van der Waals surface area contributed by atoms with Crippen LogP contribution in [0.2, 0.25) is 0 Å².